The number of hydrogen-bond donors (Lipinski definition) is 1. The van der Waals surface area contributed by atoms with E-state index in [4.69, 9.17) is 14.0 Å². The number of amides is 1. The summed E-state index contributed by atoms with van der Waals surface area (Å²) in [6, 6.07) is 11.6. The topological polar surface area (TPSA) is 111 Å². The van der Waals surface area contributed by atoms with Crippen molar-refractivity contribution in [3.8, 4) is 11.5 Å². The lowest BCUT2D eigenvalue weighted by molar-refractivity contribution is -0.126. The Hall–Kier alpha value is -3.63. The molecule has 0 radical (unpaired) electrons. The van der Waals surface area contributed by atoms with Gasteiger partial charge in [-0.3, -0.25) is 4.79 Å². The molecule has 1 atom stereocenters. The van der Waals surface area contributed by atoms with E-state index in [9.17, 15) is 13.2 Å². The number of nitrogens with zero attached hydrogens (tertiary/aromatic N) is 2. The molecule has 0 spiro atoms. The molecule has 1 N–H and O–H groups in total. The van der Waals surface area contributed by atoms with Crippen molar-refractivity contribution in [3.05, 3.63) is 70.1 Å². The van der Waals surface area contributed by atoms with Gasteiger partial charge in [-0.2, -0.15) is 4.31 Å². The van der Waals surface area contributed by atoms with E-state index in [-0.39, 0.29) is 29.9 Å². The average molecular weight is 538 g/mol. The second-order valence-corrected chi connectivity index (χ2v) is 11.6. The van der Waals surface area contributed by atoms with Crippen LogP contribution in [-0.4, -0.2) is 43.7 Å². The molecule has 2 aromatic carbocycles. The number of carbonyl (C=O) groups is 1. The van der Waals surface area contributed by atoms with E-state index < -0.39 is 15.9 Å². The molecule has 0 bridgehead atoms. The molecular formula is C28H31N3O6S. The number of sulfonamides is 1. The number of piperidine rings is 1. The standard InChI is InChI=1S/C28H31N3O6S/c1-18-6-7-19(2)22(13-18)9-11-25-27(20(3)30-37-25)38(33,34)31-12-4-5-23(16-31)28(32)29-15-21-8-10-24-26(14-21)36-17-35-24/h6-11,13-14,23H,4-5,12,15-17H2,1-3H3,(H,29,32). The Balaban J connectivity index is 1.29. The van der Waals surface area contributed by atoms with Crippen LogP contribution in [0.5, 0.6) is 11.5 Å². The van der Waals surface area contributed by atoms with Gasteiger partial charge < -0.3 is 19.3 Å². The van der Waals surface area contributed by atoms with Gasteiger partial charge in [-0.25, -0.2) is 8.42 Å². The summed E-state index contributed by atoms with van der Waals surface area (Å²) in [6.45, 7) is 6.55. The summed E-state index contributed by atoms with van der Waals surface area (Å²) < 4.78 is 44.9. The maximum atomic E-state index is 13.7. The first kappa shape index (κ1) is 26.0. The zero-order valence-electron chi connectivity index (χ0n) is 21.7. The number of aromatic nitrogens is 1. The fourth-order valence-electron chi connectivity index (χ4n) is 4.79. The summed E-state index contributed by atoms with van der Waals surface area (Å²) in [7, 11) is -3.93. The number of benzene rings is 2. The number of nitrogens with one attached hydrogen (secondary N) is 1. The monoisotopic (exact) mass is 537 g/mol. The van der Waals surface area contributed by atoms with Crippen molar-refractivity contribution >= 4 is 28.1 Å². The summed E-state index contributed by atoms with van der Waals surface area (Å²) in [6.07, 6.45) is 4.68. The molecule has 1 saturated heterocycles. The third kappa shape index (κ3) is 5.32. The minimum atomic E-state index is -3.93. The Morgan fingerprint density at radius 3 is 2.76 bits per heavy atom. The summed E-state index contributed by atoms with van der Waals surface area (Å²) >= 11 is 0. The molecule has 3 heterocycles. The van der Waals surface area contributed by atoms with Crippen LogP contribution in [0.2, 0.25) is 0 Å². The smallest absolute Gasteiger partial charge is 0.248 e. The number of aryl methyl sites for hydroxylation is 3. The highest BCUT2D eigenvalue weighted by Gasteiger charge is 2.37. The molecule has 38 heavy (non-hydrogen) atoms. The molecule has 200 valence electrons. The maximum absolute atomic E-state index is 13.7. The highest BCUT2D eigenvalue weighted by molar-refractivity contribution is 7.89. The first-order chi connectivity index (χ1) is 18.2. The van der Waals surface area contributed by atoms with E-state index in [0.717, 1.165) is 22.3 Å². The number of hydrogen-bond acceptors (Lipinski definition) is 7. The Morgan fingerprint density at radius 1 is 1.11 bits per heavy atom. The first-order valence-electron chi connectivity index (χ1n) is 12.6. The molecule has 3 aromatic rings. The molecule has 10 heteroatoms. The van der Waals surface area contributed by atoms with Crippen LogP contribution in [0.25, 0.3) is 12.2 Å². The maximum Gasteiger partial charge on any atom is 0.248 e. The second kappa shape index (κ2) is 10.6. The normalized spacial score (nSPS) is 17.7. The fourth-order valence-corrected chi connectivity index (χ4v) is 6.57. The van der Waals surface area contributed by atoms with Crippen LogP contribution < -0.4 is 14.8 Å². The average Bonchev–Trinajstić information content (AvgIpc) is 3.54. The second-order valence-electron chi connectivity index (χ2n) is 9.76. The molecule has 2 aliphatic rings. The van der Waals surface area contributed by atoms with Crippen LogP contribution in [0, 0.1) is 26.7 Å². The minimum Gasteiger partial charge on any atom is -0.454 e. The lowest BCUT2D eigenvalue weighted by Crippen LogP contribution is -2.45. The van der Waals surface area contributed by atoms with Gasteiger partial charge in [-0.05, 0) is 68.5 Å². The lowest BCUT2D eigenvalue weighted by atomic mass is 9.98. The zero-order chi connectivity index (χ0) is 26.9. The van der Waals surface area contributed by atoms with Gasteiger partial charge in [0.2, 0.25) is 22.7 Å². The van der Waals surface area contributed by atoms with Crippen molar-refractivity contribution in [2.75, 3.05) is 19.9 Å². The third-order valence-electron chi connectivity index (χ3n) is 6.94. The van der Waals surface area contributed by atoms with Gasteiger partial charge in [-0.1, -0.05) is 41.1 Å². The largest absolute Gasteiger partial charge is 0.454 e. The van der Waals surface area contributed by atoms with E-state index in [1.807, 2.05) is 56.3 Å². The predicted octanol–water partition coefficient (Wildman–Crippen LogP) is 4.22. The summed E-state index contributed by atoms with van der Waals surface area (Å²) in [5.41, 5.74) is 4.31. The minimum absolute atomic E-state index is 0.0421. The first-order valence-corrected chi connectivity index (χ1v) is 14.0. The number of rotatable bonds is 7. The molecule has 0 aliphatic carbocycles. The number of ether oxygens (including phenoxy) is 2. The molecule has 1 amide bonds. The highest BCUT2D eigenvalue weighted by atomic mass is 32.2. The van der Waals surface area contributed by atoms with Gasteiger partial charge in [0.05, 0.1) is 5.92 Å². The zero-order valence-corrected chi connectivity index (χ0v) is 22.5. The van der Waals surface area contributed by atoms with Crippen molar-refractivity contribution in [3.63, 3.8) is 0 Å². The highest BCUT2D eigenvalue weighted by Crippen LogP contribution is 2.33. The van der Waals surface area contributed by atoms with Gasteiger partial charge in [0.15, 0.2) is 22.2 Å². The van der Waals surface area contributed by atoms with E-state index >= 15 is 0 Å². The van der Waals surface area contributed by atoms with Gasteiger partial charge >= 0.3 is 0 Å². The van der Waals surface area contributed by atoms with Crippen molar-refractivity contribution < 1.29 is 27.2 Å². The van der Waals surface area contributed by atoms with Gasteiger partial charge in [0, 0.05) is 19.6 Å². The van der Waals surface area contributed by atoms with Crippen LogP contribution in [0.4, 0.5) is 0 Å². The Labute approximate surface area is 222 Å². The van der Waals surface area contributed by atoms with Crippen LogP contribution in [0.15, 0.2) is 45.8 Å². The summed E-state index contributed by atoms with van der Waals surface area (Å²) in [4.78, 5) is 13.0. The summed E-state index contributed by atoms with van der Waals surface area (Å²) in [5, 5.41) is 6.88. The Bertz CT molecular complexity index is 1490. The van der Waals surface area contributed by atoms with Crippen molar-refractivity contribution in [1.29, 1.82) is 0 Å². The number of carbonyl (C=O) groups excluding carboxylic acids is 1. The van der Waals surface area contributed by atoms with E-state index in [0.29, 0.717) is 43.1 Å². The van der Waals surface area contributed by atoms with Gasteiger partial charge in [0.1, 0.15) is 5.69 Å². The van der Waals surface area contributed by atoms with Crippen LogP contribution >= 0.6 is 0 Å². The molecule has 2 aliphatic heterocycles. The van der Waals surface area contributed by atoms with Crippen LogP contribution in [0.3, 0.4) is 0 Å². The SMILES string of the molecule is Cc1ccc(C)c(C=Cc2onc(C)c2S(=O)(=O)N2CCCC(C(=O)NCc3ccc4c(c3)OCO4)C2)c1. The molecule has 5 rings (SSSR count). The molecule has 1 aromatic heterocycles. The Morgan fingerprint density at radius 2 is 1.92 bits per heavy atom. The molecule has 0 saturated carbocycles. The summed E-state index contributed by atoms with van der Waals surface area (Å²) in [5.74, 6) is 0.873. The molecule has 1 unspecified atom stereocenters. The van der Waals surface area contributed by atoms with Crippen molar-refractivity contribution in [1.82, 2.24) is 14.8 Å². The third-order valence-corrected chi connectivity index (χ3v) is 8.96. The van der Waals surface area contributed by atoms with E-state index in [1.54, 1.807) is 13.0 Å². The quantitative estimate of drug-likeness (QED) is 0.481. The molecular weight excluding hydrogens is 506 g/mol. The number of fused-ring (bicyclic) bond motifs is 1. The van der Waals surface area contributed by atoms with Gasteiger partial charge in [0.25, 0.3) is 0 Å². The van der Waals surface area contributed by atoms with Gasteiger partial charge in [-0.15, -0.1) is 0 Å². The van der Waals surface area contributed by atoms with Crippen molar-refractivity contribution in [2.45, 2.75) is 45.1 Å². The molecule has 9 nitrogen and oxygen atoms in total. The Kier molecular flexibility index (Phi) is 7.27. The van der Waals surface area contributed by atoms with Crippen LogP contribution in [0.1, 0.15) is 46.5 Å². The lowest BCUT2D eigenvalue weighted by Gasteiger charge is -2.31. The molecule has 1 fully saturated rings. The predicted molar refractivity (Wildman–Crippen MR) is 142 cm³/mol. The van der Waals surface area contributed by atoms with E-state index in [1.165, 1.54) is 4.31 Å². The fraction of sp³-hybridized carbons (Fsp3) is 0.357. The van der Waals surface area contributed by atoms with Crippen LogP contribution in [-0.2, 0) is 21.4 Å². The van der Waals surface area contributed by atoms with E-state index in [2.05, 4.69) is 10.5 Å². The van der Waals surface area contributed by atoms with Crippen molar-refractivity contribution in [2.24, 2.45) is 5.92 Å².